The third-order valence-corrected chi connectivity index (χ3v) is 4.05. The molecule has 0 bridgehead atoms. The van der Waals surface area contributed by atoms with Crippen LogP contribution in [-0.2, 0) is 9.54 Å². The summed E-state index contributed by atoms with van der Waals surface area (Å²) in [6.45, 7) is 6.00. The Balaban J connectivity index is 2.40. The van der Waals surface area contributed by atoms with Gasteiger partial charge in [-0.25, -0.2) is 0 Å². The number of fused-ring (bicyclic) bond motifs is 1. The molecule has 1 aliphatic heterocycles. The standard InChI is InChI=1S/C12H15NOS2/c1-7-11(14)13-9-6-8(12(2,3)15)4-5-10(9)16-7/h4-7,15H,1-3H3,(H,13,14). The van der Waals surface area contributed by atoms with Crippen LogP contribution in [0.3, 0.4) is 0 Å². The lowest BCUT2D eigenvalue weighted by Gasteiger charge is -2.25. The van der Waals surface area contributed by atoms with Crippen molar-refractivity contribution in [1.82, 2.24) is 0 Å². The van der Waals surface area contributed by atoms with Crippen molar-refractivity contribution in [2.24, 2.45) is 0 Å². The monoisotopic (exact) mass is 253 g/mol. The van der Waals surface area contributed by atoms with Crippen molar-refractivity contribution in [3.8, 4) is 0 Å². The number of hydrogen-bond donors (Lipinski definition) is 2. The summed E-state index contributed by atoms with van der Waals surface area (Å²) in [4.78, 5) is 12.7. The quantitative estimate of drug-likeness (QED) is 0.752. The zero-order valence-electron chi connectivity index (χ0n) is 9.57. The molecule has 1 heterocycles. The highest BCUT2D eigenvalue weighted by Gasteiger charge is 2.24. The van der Waals surface area contributed by atoms with Gasteiger partial charge in [0.2, 0.25) is 5.91 Å². The Hall–Kier alpha value is -0.610. The second-order valence-electron chi connectivity index (χ2n) is 4.52. The van der Waals surface area contributed by atoms with E-state index in [1.807, 2.05) is 26.8 Å². The summed E-state index contributed by atoms with van der Waals surface area (Å²) >= 11 is 6.13. The number of hydrogen-bond acceptors (Lipinski definition) is 3. The van der Waals surface area contributed by atoms with Crippen molar-refractivity contribution < 1.29 is 4.79 Å². The molecule has 0 radical (unpaired) electrons. The largest absolute Gasteiger partial charge is 0.324 e. The Bertz CT molecular complexity index is 437. The molecule has 0 aliphatic carbocycles. The molecule has 1 atom stereocenters. The van der Waals surface area contributed by atoms with Crippen LogP contribution in [0.25, 0.3) is 0 Å². The molecule has 1 aromatic rings. The van der Waals surface area contributed by atoms with Crippen LogP contribution in [0.15, 0.2) is 23.1 Å². The number of carbonyl (C=O) groups is 1. The van der Waals surface area contributed by atoms with Crippen LogP contribution >= 0.6 is 24.4 Å². The maximum atomic E-state index is 11.6. The lowest BCUT2D eigenvalue weighted by molar-refractivity contribution is -0.115. The highest BCUT2D eigenvalue weighted by Crippen LogP contribution is 2.38. The van der Waals surface area contributed by atoms with Gasteiger partial charge in [0.05, 0.1) is 10.9 Å². The Labute approximate surface area is 106 Å². The number of rotatable bonds is 1. The van der Waals surface area contributed by atoms with E-state index in [0.29, 0.717) is 0 Å². The van der Waals surface area contributed by atoms with Crippen LogP contribution in [0.1, 0.15) is 26.3 Å². The summed E-state index contributed by atoms with van der Waals surface area (Å²) in [5.74, 6) is 0.0756. The molecule has 1 amide bonds. The van der Waals surface area contributed by atoms with E-state index in [-0.39, 0.29) is 15.9 Å². The minimum atomic E-state index is -0.187. The Morgan fingerprint density at radius 2 is 2.12 bits per heavy atom. The maximum Gasteiger partial charge on any atom is 0.237 e. The first-order valence-electron chi connectivity index (χ1n) is 5.22. The number of anilines is 1. The molecule has 0 saturated carbocycles. The van der Waals surface area contributed by atoms with Gasteiger partial charge in [0.15, 0.2) is 0 Å². The Morgan fingerprint density at radius 3 is 2.75 bits per heavy atom. The molecule has 1 N–H and O–H groups in total. The molecule has 16 heavy (non-hydrogen) atoms. The fourth-order valence-electron chi connectivity index (χ4n) is 1.59. The van der Waals surface area contributed by atoms with E-state index in [4.69, 9.17) is 0 Å². The number of carbonyl (C=O) groups excluding carboxylic acids is 1. The van der Waals surface area contributed by atoms with Gasteiger partial charge in [-0.1, -0.05) is 6.07 Å². The number of thiol groups is 1. The van der Waals surface area contributed by atoms with Crippen LogP contribution in [0.5, 0.6) is 0 Å². The van der Waals surface area contributed by atoms with Crippen LogP contribution in [0.2, 0.25) is 0 Å². The normalized spacial score (nSPS) is 20.2. The van der Waals surface area contributed by atoms with E-state index in [2.05, 4.69) is 30.1 Å². The molecule has 2 rings (SSSR count). The minimum Gasteiger partial charge on any atom is -0.324 e. The molecule has 0 aromatic heterocycles. The van der Waals surface area contributed by atoms with Crippen molar-refractivity contribution >= 4 is 36.0 Å². The van der Waals surface area contributed by atoms with E-state index < -0.39 is 0 Å². The van der Waals surface area contributed by atoms with Crippen LogP contribution in [0, 0.1) is 0 Å². The molecule has 0 spiro atoms. The fraction of sp³-hybridized carbons (Fsp3) is 0.417. The highest BCUT2D eigenvalue weighted by molar-refractivity contribution is 8.00. The average Bonchev–Trinajstić information content (AvgIpc) is 2.17. The molecule has 4 heteroatoms. The number of benzene rings is 1. The molecule has 0 fully saturated rings. The lowest BCUT2D eigenvalue weighted by Crippen LogP contribution is -2.26. The van der Waals surface area contributed by atoms with Gasteiger partial charge in [-0.2, -0.15) is 12.6 Å². The summed E-state index contributed by atoms with van der Waals surface area (Å²) in [7, 11) is 0. The smallest absolute Gasteiger partial charge is 0.237 e. The van der Waals surface area contributed by atoms with Crippen LogP contribution in [0.4, 0.5) is 5.69 Å². The topological polar surface area (TPSA) is 29.1 Å². The fourth-order valence-corrected chi connectivity index (χ4v) is 2.66. The zero-order valence-corrected chi connectivity index (χ0v) is 11.3. The Kier molecular flexibility index (Phi) is 2.97. The summed E-state index contributed by atoms with van der Waals surface area (Å²) in [6.07, 6.45) is 0. The van der Waals surface area contributed by atoms with Gasteiger partial charge in [0.1, 0.15) is 0 Å². The molecule has 0 saturated heterocycles. The number of thioether (sulfide) groups is 1. The summed E-state index contributed by atoms with van der Waals surface area (Å²) in [6, 6.07) is 6.14. The van der Waals surface area contributed by atoms with Gasteiger partial charge in [-0.3, -0.25) is 4.79 Å². The molecule has 1 aliphatic rings. The number of nitrogens with one attached hydrogen (secondary N) is 1. The van der Waals surface area contributed by atoms with E-state index >= 15 is 0 Å². The average molecular weight is 253 g/mol. The molecule has 86 valence electrons. The predicted molar refractivity (Wildman–Crippen MR) is 72.4 cm³/mol. The van der Waals surface area contributed by atoms with Crippen molar-refractivity contribution in [2.75, 3.05) is 5.32 Å². The molecule has 2 nitrogen and oxygen atoms in total. The summed E-state index contributed by atoms with van der Waals surface area (Å²) < 4.78 is -0.187. The first-order chi connectivity index (χ1) is 7.38. The van der Waals surface area contributed by atoms with Crippen molar-refractivity contribution in [1.29, 1.82) is 0 Å². The van der Waals surface area contributed by atoms with Gasteiger partial charge < -0.3 is 5.32 Å². The SMILES string of the molecule is CC1Sc2ccc(C(C)(C)S)cc2NC1=O. The minimum absolute atomic E-state index is 0.0117. The van der Waals surface area contributed by atoms with E-state index in [1.54, 1.807) is 11.8 Å². The number of amides is 1. The predicted octanol–water partition coefficient (Wildman–Crippen LogP) is 3.28. The van der Waals surface area contributed by atoms with Gasteiger partial charge in [-0.05, 0) is 38.5 Å². The summed E-state index contributed by atoms with van der Waals surface area (Å²) in [5, 5.41) is 2.92. The molecule has 1 unspecified atom stereocenters. The Morgan fingerprint density at radius 1 is 1.44 bits per heavy atom. The van der Waals surface area contributed by atoms with Gasteiger partial charge in [-0.15, -0.1) is 11.8 Å². The van der Waals surface area contributed by atoms with Gasteiger partial charge in [0.25, 0.3) is 0 Å². The second kappa shape index (κ2) is 4.00. The molecular weight excluding hydrogens is 238 g/mol. The van der Waals surface area contributed by atoms with Crippen LogP contribution in [-0.4, -0.2) is 11.2 Å². The van der Waals surface area contributed by atoms with Crippen molar-refractivity contribution in [2.45, 2.75) is 35.7 Å². The first kappa shape index (κ1) is 11.9. The van der Waals surface area contributed by atoms with E-state index in [1.165, 1.54) is 0 Å². The van der Waals surface area contributed by atoms with Gasteiger partial charge in [0, 0.05) is 9.64 Å². The van der Waals surface area contributed by atoms with E-state index in [9.17, 15) is 4.79 Å². The molecule has 1 aromatic carbocycles. The molecular formula is C12H15NOS2. The van der Waals surface area contributed by atoms with Crippen molar-refractivity contribution in [3.63, 3.8) is 0 Å². The van der Waals surface area contributed by atoms with Gasteiger partial charge >= 0.3 is 0 Å². The first-order valence-corrected chi connectivity index (χ1v) is 6.55. The maximum absolute atomic E-state index is 11.6. The summed E-state index contributed by atoms with van der Waals surface area (Å²) in [5.41, 5.74) is 2.03. The highest BCUT2D eigenvalue weighted by atomic mass is 32.2. The van der Waals surface area contributed by atoms with Crippen LogP contribution < -0.4 is 5.32 Å². The second-order valence-corrected chi connectivity index (χ2v) is 7.02. The third kappa shape index (κ3) is 2.23. The third-order valence-electron chi connectivity index (χ3n) is 2.62. The lowest BCUT2D eigenvalue weighted by atomic mass is 10.0. The zero-order chi connectivity index (χ0) is 11.9. The van der Waals surface area contributed by atoms with E-state index in [0.717, 1.165) is 16.1 Å². The van der Waals surface area contributed by atoms with Crippen molar-refractivity contribution in [3.05, 3.63) is 23.8 Å².